The van der Waals surface area contributed by atoms with Gasteiger partial charge in [0.05, 0.1) is 17.8 Å². The number of fused-ring (bicyclic) bond motifs is 1. The molecule has 7 nitrogen and oxygen atoms in total. The molecule has 0 saturated carbocycles. The van der Waals surface area contributed by atoms with E-state index in [1.54, 1.807) is 23.6 Å². The van der Waals surface area contributed by atoms with Gasteiger partial charge in [-0.2, -0.15) is 16.6 Å². The molecule has 0 aliphatic heterocycles. The molecule has 0 radical (unpaired) electrons. The van der Waals surface area contributed by atoms with E-state index in [0.717, 1.165) is 21.7 Å². The summed E-state index contributed by atoms with van der Waals surface area (Å²) in [6.07, 6.45) is 5.86. The molecule has 3 aromatic rings. The summed E-state index contributed by atoms with van der Waals surface area (Å²) in [5.41, 5.74) is 3.14. The van der Waals surface area contributed by atoms with Gasteiger partial charge in [-0.3, -0.25) is 9.78 Å². The number of nitrogens with one attached hydrogen (secondary N) is 2. The number of nitriles is 1. The van der Waals surface area contributed by atoms with E-state index in [-0.39, 0.29) is 12.0 Å². The molecule has 0 bridgehead atoms. The highest BCUT2D eigenvalue weighted by Crippen LogP contribution is 2.38. The second kappa shape index (κ2) is 10.2. The first-order chi connectivity index (χ1) is 15.6. The number of nitrogens with zero attached hydrogens (tertiary/aromatic N) is 2. The van der Waals surface area contributed by atoms with Crippen LogP contribution in [0.15, 0.2) is 47.3 Å². The zero-order chi connectivity index (χ0) is 22.3. The Morgan fingerprint density at radius 3 is 3.00 bits per heavy atom. The minimum Gasteiger partial charge on any atom is -0.446 e. The molecule has 1 aliphatic rings. The number of ether oxygens (including phenoxy) is 1. The third-order valence-electron chi connectivity index (χ3n) is 4.95. The van der Waals surface area contributed by atoms with Gasteiger partial charge in [0.25, 0.3) is 0 Å². The predicted octanol–water partition coefficient (Wildman–Crippen LogP) is 4.51. The fraction of sp³-hybridized carbons (Fsp3) is 0.217. The van der Waals surface area contributed by atoms with Crippen molar-refractivity contribution in [2.45, 2.75) is 31.9 Å². The molecule has 3 heterocycles. The highest BCUT2D eigenvalue weighted by molar-refractivity contribution is 7.16. The van der Waals surface area contributed by atoms with E-state index in [9.17, 15) is 14.9 Å². The SMILES string of the molecule is N#Cc1c(NC(=O)/C=C/c2ccsc2)sc2c1CCC(OC(=O)NCc1ccccn1)C2. The van der Waals surface area contributed by atoms with Gasteiger partial charge in [-0.15, -0.1) is 11.3 Å². The van der Waals surface area contributed by atoms with Crippen LogP contribution in [0.4, 0.5) is 9.80 Å². The third kappa shape index (κ3) is 5.41. The zero-order valence-electron chi connectivity index (χ0n) is 17.0. The standard InChI is InChI=1S/C23H20N4O3S2/c24-12-19-18-6-5-17(30-23(29)26-13-16-3-1-2-9-25-16)11-20(18)32-22(19)27-21(28)7-4-15-8-10-31-14-15/h1-4,7-10,14,17H,5-6,11,13H2,(H,26,29)(H,27,28)/b7-4+. The van der Waals surface area contributed by atoms with Gasteiger partial charge in [0.15, 0.2) is 0 Å². The molecule has 0 aromatic carbocycles. The van der Waals surface area contributed by atoms with Crippen LogP contribution in [-0.2, 0) is 28.9 Å². The maximum absolute atomic E-state index is 12.3. The van der Waals surface area contributed by atoms with E-state index < -0.39 is 6.09 Å². The lowest BCUT2D eigenvalue weighted by Gasteiger charge is -2.22. The molecule has 0 spiro atoms. The molecule has 0 fully saturated rings. The van der Waals surface area contributed by atoms with E-state index in [0.29, 0.717) is 36.4 Å². The van der Waals surface area contributed by atoms with Crippen molar-refractivity contribution >= 4 is 45.8 Å². The van der Waals surface area contributed by atoms with Crippen molar-refractivity contribution in [3.8, 4) is 6.07 Å². The minimum atomic E-state index is -0.492. The first kappa shape index (κ1) is 21.7. The van der Waals surface area contributed by atoms with Crippen molar-refractivity contribution in [2.75, 3.05) is 5.32 Å². The predicted molar refractivity (Wildman–Crippen MR) is 124 cm³/mol. The molecule has 0 saturated heterocycles. The molecule has 32 heavy (non-hydrogen) atoms. The maximum atomic E-state index is 12.3. The summed E-state index contributed by atoms with van der Waals surface area (Å²) in [7, 11) is 0. The maximum Gasteiger partial charge on any atom is 0.407 e. The number of carbonyl (C=O) groups excluding carboxylic acids is 2. The molecule has 2 N–H and O–H groups in total. The number of aromatic nitrogens is 1. The second-order valence-electron chi connectivity index (χ2n) is 7.14. The van der Waals surface area contributed by atoms with Gasteiger partial charge < -0.3 is 15.4 Å². The van der Waals surface area contributed by atoms with Crippen LogP contribution in [0, 0.1) is 11.3 Å². The van der Waals surface area contributed by atoms with Gasteiger partial charge in [-0.1, -0.05) is 6.07 Å². The summed E-state index contributed by atoms with van der Waals surface area (Å²) in [6.45, 7) is 0.296. The molecule has 3 aromatic heterocycles. The van der Waals surface area contributed by atoms with Crippen molar-refractivity contribution in [2.24, 2.45) is 0 Å². The fourth-order valence-electron chi connectivity index (χ4n) is 3.42. The Hall–Kier alpha value is -3.48. The lowest BCUT2D eigenvalue weighted by molar-refractivity contribution is -0.111. The Balaban J connectivity index is 1.36. The summed E-state index contributed by atoms with van der Waals surface area (Å²) >= 11 is 2.93. The van der Waals surface area contributed by atoms with E-state index in [1.165, 1.54) is 17.4 Å². The highest BCUT2D eigenvalue weighted by Gasteiger charge is 2.28. The van der Waals surface area contributed by atoms with Crippen LogP contribution < -0.4 is 10.6 Å². The van der Waals surface area contributed by atoms with Crippen LogP contribution in [0.1, 0.15) is 33.7 Å². The number of alkyl carbamates (subject to hydrolysis) is 1. The van der Waals surface area contributed by atoms with Crippen molar-refractivity contribution < 1.29 is 14.3 Å². The monoisotopic (exact) mass is 464 g/mol. The Morgan fingerprint density at radius 2 is 2.25 bits per heavy atom. The lowest BCUT2D eigenvalue weighted by Crippen LogP contribution is -2.31. The number of pyridine rings is 1. The molecule has 1 atom stereocenters. The van der Waals surface area contributed by atoms with Crippen molar-refractivity contribution in [3.05, 3.63) is 74.6 Å². The Kier molecular flexibility index (Phi) is 6.94. The number of anilines is 1. The molecule has 2 amide bonds. The molecule has 1 aliphatic carbocycles. The van der Waals surface area contributed by atoms with Crippen LogP contribution >= 0.6 is 22.7 Å². The number of thiophene rings is 2. The normalized spacial score (nSPS) is 15.0. The first-order valence-corrected chi connectivity index (χ1v) is 11.8. The third-order valence-corrected chi connectivity index (χ3v) is 6.82. The summed E-state index contributed by atoms with van der Waals surface area (Å²) in [4.78, 5) is 29.6. The van der Waals surface area contributed by atoms with Gasteiger partial charge in [0.1, 0.15) is 17.2 Å². The number of hydrogen-bond donors (Lipinski definition) is 2. The summed E-state index contributed by atoms with van der Waals surface area (Å²) in [6, 6.07) is 9.64. The van der Waals surface area contributed by atoms with Crippen LogP contribution in [0.25, 0.3) is 6.08 Å². The smallest absolute Gasteiger partial charge is 0.407 e. The van der Waals surface area contributed by atoms with Crippen LogP contribution in [0.2, 0.25) is 0 Å². The van der Waals surface area contributed by atoms with Gasteiger partial charge in [0.2, 0.25) is 5.91 Å². The average molecular weight is 465 g/mol. The number of rotatable bonds is 6. The van der Waals surface area contributed by atoms with Gasteiger partial charge in [-0.25, -0.2) is 4.79 Å². The molecule has 1 unspecified atom stereocenters. The highest BCUT2D eigenvalue weighted by atomic mass is 32.1. The van der Waals surface area contributed by atoms with E-state index >= 15 is 0 Å². The van der Waals surface area contributed by atoms with Crippen LogP contribution in [0.5, 0.6) is 0 Å². The lowest BCUT2D eigenvalue weighted by atomic mass is 9.94. The van der Waals surface area contributed by atoms with Crippen LogP contribution in [0.3, 0.4) is 0 Å². The van der Waals surface area contributed by atoms with E-state index in [4.69, 9.17) is 4.74 Å². The van der Waals surface area contributed by atoms with E-state index in [1.807, 2.05) is 35.0 Å². The van der Waals surface area contributed by atoms with Crippen molar-refractivity contribution in [1.29, 1.82) is 5.26 Å². The van der Waals surface area contributed by atoms with Gasteiger partial charge in [0, 0.05) is 23.6 Å². The van der Waals surface area contributed by atoms with Crippen molar-refractivity contribution in [1.82, 2.24) is 10.3 Å². The molecular weight excluding hydrogens is 444 g/mol. The van der Waals surface area contributed by atoms with Crippen LogP contribution in [-0.4, -0.2) is 23.1 Å². The number of hydrogen-bond acceptors (Lipinski definition) is 7. The number of amides is 2. The molecular formula is C23H20N4O3S2. The zero-order valence-corrected chi connectivity index (χ0v) is 18.7. The molecule has 162 valence electrons. The Labute approximate surface area is 193 Å². The van der Waals surface area contributed by atoms with Gasteiger partial charge in [-0.05, 0) is 59.0 Å². The second-order valence-corrected chi connectivity index (χ2v) is 9.03. The summed E-state index contributed by atoms with van der Waals surface area (Å²) < 4.78 is 5.56. The van der Waals surface area contributed by atoms with Gasteiger partial charge >= 0.3 is 6.09 Å². The quantitative estimate of drug-likeness (QED) is 0.522. The average Bonchev–Trinajstić information content (AvgIpc) is 3.44. The number of carbonyl (C=O) groups is 2. The minimum absolute atomic E-state index is 0.279. The molecule has 4 rings (SSSR count). The summed E-state index contributed by atoms with van der Waals surface area (Å²) in [5.74, 6) is -0.284. The fourth-order valence-corrected chi connectivity index (χ4v) is 5.31. The first-order valence-electron chi connectivity index (χ1n) is 10.0. The summed E-state index contributed by atoms with van der Waals surface area (Å²) in [5, 5.41) is 19.6. The largest absolute Gasteiger partial charge is 0.446 e. The van der Waals surface area contributed by atoms with E-state index in [2.05, 4.69) is 21.7 Å². The topological polar surface area (TPSA) is 104 Å². The Bertz CT molecular complexity index is 1160. The van der Waals surface area contributed by atoms with Crippen molar-refractivity contribution in [3.63, 3.8) is 0 Å². The molecule has 9 heteroatoms. The Morgan fingerprint density at radius 1 is 1.34 bits per heavy atom.